The van der Waals surface area contributed by atoms with Crippen molar-refractivity contribution >= 4 is 5.91 Å². The minimum absolute atomic E-state index is 0.0835. The highest BCUT2D eigenvalue weighted by atomic mass is 16.5. The summed E-state index contributed by atoms with van der Waals surface area (Å²) in [7, 11) is 0. The van der Waals surface area contributed by atoms with Crippen LogP contribution in [-0.2, 0) is 9.53 Å². The van der Waals surface area contributed by atoms with E-state index in [-0.39, 0.29) is 12.5 Å². The fourth-order valence-corrected chi connectivity index (χ4v) is 1.68. The summed E-state index contributed by atoms with van der Waals surface area (Å²) in [5, 5.41) is 0. The number of ether oxygens (including phenoxy) is 1. The van der Waals surface area contributed by atoms with Gasteiger partial charge in [0.2, 0.25) is 5.91 Å². The first-order valence-electron chi connectivity index (χ1n) is 5.07. The van der Waals surface area contributed by atoms with Crippen LogP contribution in [0.25, 0.3) is 0 Å². The lowest BCUT2D eigenvalue weighted by Crippen LogP contribution is -2.43. The molecule has 0 bridgehead atoms. The van der Waals surface area contributed by atoms with E-state index in [1.54, 1.807) is 11.1 Å². The molecule has 1 aliphatic rings. The van der Waals surface area contributed by atoms with Crippen molar-refractivity contribution in [3.05, 3.63) is 30.1 Å². The van der Waals surface area contributed by atoms with Crippen LogP contribution in [-0.4, -0.2) is 35.5 Å². The van der Waals surface area contributed by atoms with E-state index in [1.165, 1.54) is 0 Å². The highest BCUT2D eigenvalue weighted by Crippen LogP contribution is 2.19. The zero-order chi connectivity index (χ0) is 11.4. The van der Waals surface area contributed by atoms with Gasteiger partial charge in [-0.1, -0.05) is 12.0 Å². The lowest BCUT2D eigenvalue weighted by Gasteiger charge is -2.31. The second-order valence-corrected chi connectivity index (χ2v) is 3.46. The number of pyridine rings is 1. The molecular weight excluding hydrogens is 204 g/mol. The first kappa shape index (κ1) is 10.7. The Morgan fingerprint density at radius 2 is 2.44 bits per heavy atom. The van der Waals surface area contributed by atoms with Gasteiger partial charge < -0.3 is 9.64 Å². The summed E-state index contributed by atoms with van der Waals surface area (Å²) >= 11 is 0. The Bertz CT molecular complexity index is 411. The molecule has 1 saturated heterocycles. The smallest absolute Gasteiger partial charge is 0.249 e. The number of carbonyl (C=O) groups excluding carboxylic acids is 1. The van der Waals surface area contributed by atoms with E-state index in [4.69, 9.17) is 11.2 Å². The van der Waals surface area contributed by atoms with Crippen LogP contribution in [0.1, 0.15) is 11.7 Å². The number of rotatable bonds is 2. The Hall–Kier alpha value is -1.86. The molecule has 16 heavy (non-hydrogen) atoms. The Morgan fingerprint density at radius 3 is 3.06 bits per heavy atom. The quantitative estimate of drug-likeness (QED) is 0.680. The van der Waals surface area contributed by atoms with E-state index in [0.717, 1.165) is 5.69 Å². The van der Waals surface area contributed by atoms with Crippen molar-refractivity contribution < 1.29 is 9.53 Å². The third kappa shape index (κ3) is 2.05. The molecule has 2 heterocycles. The van der Waals surface area contributed by atoms with Crippen molar-refractivity contribution in [1.29, 1.82) is 0 Å². The molecule has 0 spiro atoms. The summed E-state index contributed by atoms with van der Waals surface area (Å²) < 4.78 is 5.06. The van der Waals surface area contributed by atoms with Crippen molar-refractivity contribution in [2.24, 2.45) is 0 Å². The van der Waals surface area contributed by atoms with E-state index < -0.39 is 6.04 Å². The van der Waals surface area contributed by atoms with Crippen LogP contribution in [0.2, 0.25) is 0 Å². The van der Waals surface area contributed by atoms with Gasteiger partial charge in [0.1, 0.15) is 12.6 Å². The number of carbonyl (C=O) groups is 1. The van der Waals surface area contributed by atoms with Crippen molar-refractivity contribution in [3.8, 4) is 12.3 Å². The molecule has 82 valence electrons. The van der Waals surface area contributed by atoms with Crippen LogP contribution in [0.5, 0.6) is 0 Å². The molecule has 1 aromatic heterocycles. The molecule has 1 aromatic rings. The third-order valence-corrected chi connectivity index (χ3v) is 2.46. The van der Waals surface area contributed by atoms with Gasteiger partial charge >= 0.3 is 0 Å². The van der Waals surface area contributed by atoms with Crippen molar-refractivity contribution in [1.82, 2.24) is 9.88 Å². The van der Waals surface area contributed by atoms with Gasteiger partial charge in [-0.3, -0.25) is 9.78 Å². The summed E-state index contributed by atoms with van der Waals surface area (Å²) in [4.78, 5) is 17.5. The molecule has 2 rings (SSSR count). The maximum absolute atomic E-state index is 11.6. The lowest BCUT2D eigenvalue weighted by atomic mass is 10.1. The van der Waals surface area contributed by atoms with E-state index in [0.29, 0.717) is 13.2 Å². The Morgan fingerprint density at radius 1 is 1.56 bits per heavy atom. The molecule has 4 heteroatoms. The maximum Gasteiger partial charge on any atom is 0.249 e. The largest absolute Gasteiger partial charge is 0.370 e. The Balaban J connectivity index is 2.23. The fourth-order valence-electron chi connectivity index (χ4n) is 1.68. The number of hydrogen-bond acceptors (Lipinski definition) is 3. The van der Waals surface area contributed by atoms with Gasteiger partial charge in [0.05, 0.1) is 12.3 Å². The second-order valence-electron chi connectivity index (χ2n) is 3.46. The van der Waals surface area contributed by atoms with Crippen LogP contribution in [0.3, 0.4) is 0 Å². The number of hydrogen-bond donors (Lipinski definition) is 0. The molecule has 1 unspecified atom stereocenters. The van der Waals surface area contributed by atoms with E-state index in [9.17, 15) is 4.79 Å². The van der Waals surface area contributed by atoms with Crippen LogP contribution in [0, 0.1) is 12.3 Å². The van der Waals surface area contributed by atoms with Gasteiger partial charge in [-0.05, 0) is 12.1 Å². The van der Waals surface area contributed by atoms with Gasteiger partial charge in [0, 0.05) is 12.7 Å². The maximum atomic E-state index is 11.6. The fraction of sp³-hybridized carbons (Fsp3) is 0.333. The zero-order valence-corrected chi connectivity index (χ0v) is 8.80. The average molecular weight is 216 g/mol. The molecule has 0 aliphatic carbocycles. The molecule has 0 radical (unpaired) electrons. The molecular formula is C12H12N2O2. The lowest BCUT2D eigenvalue weighted by molar-refractivity contribution is -0.144. The summed E-state index contributed by atoms with van der Waals surface area (Å²) in [6.45, 7) is 1.14. The number of morpholine rings is 1. The zero-order valence-electron chi connectivity index (χ0n) is 8.80. The predicted octanol–water partition coefficient (Wildman–Crippen LogP) is 0.615. The SMILES string of the molecule is C#CC(c1ccccn1)N1CCOCC1=O. The number of aromatic nitrogens is 1. The molecule has 0 saturated carbocycles. The van der Waals surface area contributed by atoms with Gasteiger partial charge in [-0.25, -0.2) is 0 Å². The Kier molecular flexibility index (Phi) is 3.18. The third-order valence-electron chi connectivity index (χ3n) is 2.46. The van der Waals surface area contributed by atoms with Crippen LogP contribution >= 0.6 is 0 Å². The van der Waals surface area contributed by atoms with E-state index in [1.807, 2.05) is 18.2 Å². The predicted molar refractivity (Wildman–Crippen MR) is 58.3 cm³/mol. The average Bonchev–Trinajstić information content (AvgIpc) is 2.34. The van der Waals surface area contributed by atoms with Gasteiger partial charge in [0.25, 0.3) is 0 Å². The molecule has 0 aromatic carbocycles. The summed E-state index contributed by atoms with van der Waals surface area (Å²) in [6, 6.07) is 5.11. The van der Waals surface area contributed by atoms with E-state index in [2.05, 4.69) is 10.9 Å². The summed E-state index contributed by atoms with van der Waals surface area (Å²) in [5.74, 6) is 2.52. The highest BCUT2D eigenvalue weighted by Gasteiger charge is 2.26. The number of amides is 1. The highest BCUT2D eigenvalue weighted by molar-refractivity contribution is 5.78. The van der Waals surface area contributed by atoms with E-state index >= 15 is 0 Å². The first-order valence-corrected chi connectivity index (χ1v) is 5.07. The van der Waals surface area contributed by atoms with Gasteiger partial charge in [0.15, 0.2) is 0 Å². The second kappa shape index (κ2) is 4.77. The molecule has 4 nitrogen and oxygen atoms in total. The molecule has 1 aliphatic heterocycles. The topological polar surface area (TPSA) is 42.4 Å². The van der Waals surface area contributed by atoms with Crippen molar-refractivity contribution in [2.75, 3.05) is 19.8 Å². The van der Waals surface area contributed by atoms with Crippen molar-refractivity contribution in [3.63, 3.8) is 0 Å². The first-order chi connectivity index (χ1) is 7.83. The normalized spacial score (nSPS) is 17.9. The summed E-state index contributed by atoms with van der Waals surface area (Å²) in [5.41, 5.74) is 0.722. The summed E-state index contributed by atoms with van der Waals surface area (Å²) in [6.07, 6.45) is 7.14. The molecule has 0 N–H and O–H groups in total. The molecule has 1 amide bonds. The minimum Gasteiger partial charge on any atom is -0.370 e. The monoisotopic (exact) mass is 216 g/mol. The van der Waals surface area contributed by atoms with Crippen LogP contribution < -0.4 is 0 Å². The number of terminal acetylenes is 1. The van der Waals surface area contributed by atoms with Crippen LogP contribution in [0.15, 0.2) is 24.4 Å². The van der Waals surface area contributed by atoms with Gasteiger partial charge in [-0.2, -0.15) is 0 Å². The molecule has 1 atom stereocenters. The standard InChI is InChI=1S/C12H12N2O2/c1-2-11(10-5-3-4-6-13-10)14-7-8-16-9-12(14)15/h1,3-6,11H,7-9H2. The van der Waals surface area contributed by atoms with Crippen molar-refractivity contribution in [2.45, 2.75) is 6.04 Å². The number of nitrogens with zero attached hydrogens (tertiary/aromatic N) is 2. The van der Waals surface area contributed by atoms with Gasteiger partial charge in [-0.15, -0.1) is 6.42 Å². The molecule has 1 fully saturated rings. The Labute approximate surface area is 94.2 Å². The van der Waals surface area contributed by atoms with Crippen LogP contribution in [0.4, 0.5) is 0 Å². The minimum atomic E-state index is -0.391.